The molecule has 122 valence electrons. The van der Waals surface area contributed by atoms with E-state index in [-0.39, 0.29) is 11.9 Å². The summed E-state index contributed by atoms with van der Waals surface area (Å²) in [7, 11) is 2.05. The molecule has 4 rings (SSSR count). The Labute approximate surface area is 133 Å². The zero-order chi connectivity index (χ0) is 15.0. The number of rotatable bonds is 2. The number of ether oxygens (including phenoxy) is 2. The van der Waals surface area contributed by atoms with Gasteiger partial charge in [-0.3, -0.25) is 4.68 Å². The Balaban J connectivity index is 1.49. The predicted molar refractivity (Wildman–Crippen MR) is 84.6 cm³/mol. The fourth-order valence-corrected chi connectivity index (χ4v) is 4.46. The zero-order valence-electron chi connectivity index (χ0n) is 13.7. The molecule has 4 nitrogen and oxygen atoms in total. The van der Waals surface area contributed by atoms with Gasteiger partial charge in [0.05, 0.1) is 18.0 Å². The summed E-state index contributed by atoms with van der Waals surface area (Å²) in [5, 5.41) is 4.79. The maximum absolute atomic E-state index is 6.37. The summed E-state index contributed by atoms with van der Waals surface area (Å²) in [6, 6.07) is 2.28. The van der Waals surface area contributed by atoms with E-state index in [0.29, 0.717) is 12.5 Å². The van der Waals surface area contributed by atoms with Gasteiger partial charge >= 0.3 is 0 Å². The van der Waals surface area contributed by atoms with Crippen LogP contribution in [0.3, 0.4) is 0 Å². The van der Waals surface area contributed by atoms with E-state index >= 15 is 0 Å². The molecule has 0 N–H and O–H groups in total. The van der Waals surface area contributed by atoms with Crippen molar-refractivity contribution >= 4 is 0 Å². The molecule has 22 heavy (non-hydrogen) atoms. The molecule has 0 amide bonds. The first-order valence-electron chi connectivity index (χ1n) is 9.11. The smallest absolute Gasteiger partial charge is 0.169 e. The molecule has 0 radical (unpaired) electrons. The number of nitrogens with zero attached hydrogens (tertiary/aromatic N) is 2. The Morgan fingerprint density at radius 1 is 1.09 bits per heavy atom. The van der Waals surface area contributed by atoms with Crippen LogP contribution in [-0.2, 0) is 16.5 Å². The summed E-state index contributed by atoms with van der Waals surface area (Å²) in [6.45, 7) is 0.684. The van der Waals surface area contributed by atoms with Crippen LogP contribution in [0.1, 0.15) is 87.6 Å². The number of hydrogen-bond donors (Lipinski definition) is 0. The minimum atomic E-state index is -0.293. The van der Waals surface area contributed by atoms with Crippen LogP contribution >= 0.6 is 0 Å². The molecule has 2 saturated carbocycles. The molecule has 2 heterocycles. The minimum absolute atomic E-state index is 0.0629. The first kappa shape index (κ1) is 14.7. The first-order chi connectivity index (χ1) is 10.8. The third kappa shape index (κ3) is 2.71. The number of hydrogen-bond acceptors (Lipinski definition) is 3. The standard InChI is InChI=1S/C18H28N2O2/c1-20-16(12-15(19-20)14-8-4-2-5-9-14)17-13-21-18(22-17)10-6-3-7-11-18/h12,14,17H,2-11,13H2,1H3. The molecule has 2 aliphatic carbocycles. The molecule has 1 aromatic rings. The summed E-state index contributed by atoms with van der Waals surface area (Å²) < 4.78 is 14.5. The zero-order valence-corrected chi connectivity index (χ0v) is 13.7. The van der Waals surface area contributed by atoms with Crippen molar-refractivity contribution in [3.63, 3.8) is 0 Å². The SMILES string of the molecule is Cn1nc(C2CCCCC2)cc1C1COC2(CCCCC2)O1. The Kier molecular flexibility index (Phi) is 3.99. The molecule has 1 unspecified atom stereocenters. The van der Waals surface area contributed by atoms with E-state index in [9.17, 15) is 0 Å². The molecule has 4 heteroatoms. The maximum atomic E-state index is 6.37. The van der Waals surface area contributed by atoms with Gasteiger partial charge in [0.25, 0.3) is 0 Å². The van der Waals surface area contributed by atoms with Crippen LogP contribution in [0.2, 0.25) is 0 Å². The van der Waals surface area contributed by atoms with Crippen LogP contribution in [0, 0.1) is 0 Å². The van der Waals surface area contributed by atoms with E-state index < -0.39 is 0 Å². The molecule has 1 atom stereocenters. The Hall–Kier alpha value is -0.870. The lowest BCUT2D eigenvalue weighted by molar-refractivity contribution is -0.188. The van der Waals surface area contributed by atoms with E-state index in [4.69, 9.17) is 14.6 Å². The lowest BCUT2D eigenvalue weighted by Crippen LogP contribution is -2.32. The summed E-state index contributed by atoms with van der Waals surface area (Å²) in [4.78, 5) is 0. The van der Waals surface area contributed by atoms with Crippen LogP contribution in [0.25, 0.3) is 0 Å². The molecule has 1 aromatic heterocycles. The average Bonchev–Trinajstić information content (AvgIpc) is 3.13. The second-order valence-electron chi connectivity index (χ2n) is 7.34. The van der Waals surface area contributed by atoms with Gasteiger partial charge in [-0.25, -0.2) is 0 Å². The van der Waals surface area contributed by atoms with Crippen LogP contribution in [-0.4, -0.2) is 22.2 Å². The van der Waals surface area contributed by atoms with Gasteiger partial charge in [-0.05, 0) is 31.7 Å². The maximum Gasteiger partial charge on any atom is 0.169 e. The van der Waals surface area contributed by atoms with Gasteiger partial charge < -0.3 is 9.47 Å². The van der Waals surface area contributed by atoms with Crippen LogP contribution < -0.4 is 0 Å². The van der Waals surface area contributed by atoms with Gasteiger partial charge in [0.2, 0.25) is 0 Å². The molecule has 3 aliphatic rings. The van der Waals surface area contributed by atoms with Crippen LogP contribution in [0.15, 0.2) is 6.07 Å². The summed E-state index contributed by atoms with van der Waals surface area (Å²) >= 11 is 0. The van der Waals surface area contributed by atoms with Gasteiger partial charge in [0.15, 0.2) is 5.79 Å². The first-order valence-corrected chi connectivity index (χ1v) is 9.11. The Bertz CT molecular complexity index is 513. The van der Waals surface area contributed by atoms with E-state index in [0.717, 1.165) is 12.8 Å². The third-order valence-corrected chi connectivity index (χ3v) is 5.76. The van der Waals surface area contributed by atoms with Crippen molar-refractivity contribution in [2.24, 2.45) is 7.05 Å². The fourth-order valence-electron chi connectivity index (χ4n) is 4.46. The molecule has 3 fully saturated rings. The summed E-state index contributed by atoms with van der Waals surface area (Å²) in [6.07, 6.45) is 12.6. The van der Waals surface area contributed by atoms with Crippen molar-refractivity contribution < 1.29 is 9.47 Å². The highest BCUT2D eigenvalue weighted by Crippen LogP contribution is 2.43. The van der Waals surface area contributed by atoms with Crippen molar-refractivity contribution in [3.05, 3.63) is 17.5 Å². The monoisotopic (exact) mass is 304 g/mol. The molecular weight excluding hydrogens is 276 g/mol. The molecular formula is C18H28N2O2. The largest absolute Gasteiger partial charge is 0.347 e. The van der Waals surface area contributed by atoms with Crippen LogP contribution in [0.4, 0.5) is 0 Å². The highest BCUT2D eigenvalue weighted by Gasteiger charge is 2.43. The van der Waals surface area contributed by atoms with E-state index in [1.54, 1.807) is 0 Å². The molecule has 0 bridgehead atoms. The predicted octanol–water partition coefficient (Wildman–Crippen LogP) is 4.22. The van der Waals surface area contributed by atoms with Gasteiger partial charge in [0, 0.05) is 25.8 Å². The van der Waals surface area contributed by atoms with Crippen molar-refractivity contribution in [2.75, 3.05) is 6.61 Å². The van der Waals surface area contributed by atoms with Crippen molar-refractivity contribution in [1.29, 1.82) is 0 Å². The Morgan fingerprint density at radius 2 is 1.82 bits per heavy atom. The van der Waals surface area contributed by atoms with Gasteiger partial charge in [-0.2, -0.15) is 5.10 Å². The lowest BCUT2D eigenvalue weighted by Gasteiger charge is -2.31. The van der Waals surface area contributed by atoms with Gasteiger partial charge in [-0.15, -0.1) is 0 Å². The number of aromatic nitrogens is 2. The van der Waals surface area contributed by atoms with Gasteiger partial charge in [0.1, 0.15) is 6.10 Å². The highest BCUT2D eigenvalue weighted by atomic mass is 16.7. The third-order valence-electron chi connectivity index (χ3n) is 5.76. The summed E-state index contributed by atoms with van der Waals surface area (Å²) in [5.41, 5.74) is 2.47. The van der Waals surface area contributed by atoms with Gasteiger partial charge in [-0.1, -0.05) is 25.7 Å². The Morgan fingerprint density at radius 3 is 2.59 bits per heavy atom. The molecule has 1 saturated heterocycles. The lowest BCUT2D eigenvalue weighted by atomic mass is 9.87. The highest BCUT2D eigenvalue weighted by molar-refractivity contribution is 5.18. The van der Waals surface area contributed by atoms with Crippen molar-refractivity contribution in [3.8, 4) is 0 Å². The summed E-state index contributed by atoms with van der Waals surface area (Å²) in [5.74, 6) is 0.359. The van der Waals surface area contributed by atoms with E-state index in [1.165, 1.54) is 62.8 Å². The minimum Gasteiger partial charge on any atom is -0.347 e. The van der Waals surface area contributed by atoms with Crippen molar-refractivity contribution in [2.45, 2.75) is 82.0 Å². The van der Waals surface area contributed by atoms with E-state index in [1.807, 2.05) is 4.68 Å². The normalized spacial score (nSPS) is 29.2. The number of aryl methyl sites for hydroxylation is 1. The van der Waals surface area contributed by atoms with Crippen molar-refractivity contribution in [1.82, 2.24) is 9.78 Å². The topological polar surface area (TPSA) is 36.3 Å². The second-order valence-corrected chi connectivity index (χ2v) is 7.34. The molecule has 1 aliphatic heterocycles. The fraction of sp³-hybridized carbons (Fsp3) is 0.833. The second kappa shape index (κ2) is 5.97. The molecule has 0 aromatic carbocycles. The average molecular weight is 304 g/mol. The van der Waals surface area contributed by atoms with E-state index in [2.05, 4.69) is 13.1 Å². The quantitative estimate of drug-likeness (QED) is 0.821. The van der Waals surface area contributed by atoms with Crippen LogP contribution in [0.5, 0.6) is 0 Å². The molecule has 1 spiro atoms.